The van der Waals surface area contributed by atoms with Gasteiger partial charge in [-0.2, -0.15) is 9.65 Å². The third kappa shape index (κ3) is 1.29. The maximum Gasteiger partial charge on any atom is 0.379 e. The summed E-state index contributed by atoms with van der Waals surface area (Å²) >= 11 is 0. The van der Waals surface area contributed by atoms with Gasteiger partial charge in [-0.3, -0.25) is 9.59 Å². The average molecular weight is 248 g/mol. The minimum absolute atomic E-state index is 0.124. The van der Waals surface area contributed by atoms with Crippen molar-refractivity contribution < 1.29 is 23.9 Å². The van der Waals surface area contributed by atoms with Gasteiger partial charge in [0.2, 0.25) is 0 Å². The molecule has 1 aliphatic heterocycles. The standard InChI is InChI=1S/C11H5FN2O4/c12-11(5-13,10(17)18)14-8(15)6-3-1-2-4-7(6)9(14)16/h1-4H,(H,17,18). The third-order valence-corrected chi connectivity index (χ3v) is 2.53. The fourth-order valence-corrected chi connectivity index (χ4v) is 1.66. The number of carbonyl (C=O) groups excluding carboxylic acids is 2. The van der Waals surface area contributed by atoms with E-state index in [0.717, 1.165) is 6.07 Å². The normalized spacial score (nSPS) is 17.0. The van der Waals surface area contributed by atoms with Crippen molar-refractivity contribution in [1.29, 1.82) is 5.26 Å². The van der Waals surface area contributed by atoms with Crippen LogP contribution in [0.1, 0.15) is 20.7 Å². The fourth-order valence-electron chi connectivity index (χ4n) is 1.66. The van der Waals surface area contributed by atoms with Gasteiger partial charge in [0, 0.05) is 0 Å². The maximum absolute atomic E-state index is 13.9. The largest absolute Gasteiger partial charge is 0.477 e. The number of hydrogen-bond donors (Lipinski definition) is 1. The Labute approximate surface area is 99.8 Å². The van der Waals surface area contributed by atoms with E-state index in [1.807, 2.05) is 0 Å². The van der Waals surface area contributed by atoms with Crippen molar-refractivity contribution in [2.75, 3.05) is 0 Å². The first-order valence-corrected chi connectivity index (χ1v) is 4.75. The van der Waals surface area contributed by atoms with E-state index in [1.54, 1.807) is 0 Å². The molecule has 0 fully saturated rings. The Bertz CT molecular complexity index is 587. The Balaban J connectivity index is 2.60. The Morgan fingerprint density at radius 1 is 1.28 bits per heavy atom. The van der Waals surface area contributed by atoms with Gasteiger partial charge in [-0.1, -0.05) is 12.1 Å². The van der Waals surface area contributed by atoms with Crippen LogP contribution in [0.25, 0.3) is 0 Å². The van der Waals surface area contributed by atoms with Crippen LogP contribution in [0.15, 0.2) is 24.3 Å². The SMILES string of the molecule is N#CC(F)(C(=O)O)N1C(=O)c2ccccc2C1=O. The van der Waals surface area contributed by atoms with E-state index in [1.165, 1.54) is 24.3 Å². The van der Waals surface area contributed by atoms with E-state index < -0.39 is 23.6 Å². The van der Waals surface area contributed by atoms with Gasteiger partial charge in [0.25, 0.3) is 11.8 Å². The summed E-state index contributed by atoms with van der Waals surface area (Å²) < 4.78 is 13.9. The summed E-state index contributed by atoms with van der Waals surface area (Å²) in [6.07, 6.45) is 0. The topological polar surface area (TPSA) is 98.5 Å². The average Bonchev–Trinajstić information content (AvgIpc) is 2.62. The van der Waals surface area contributed by atoms with Crippen molar-refractivity contribution in [1.82, 2.24) is 4.90 Å². The molecule has 0 aromatic heterocycles. The predicted molar refractivity (Wildman–Crippen MR) is 54.0 cm³/mol. The number of fused-ring (bicyclic) bond motifs is 1. The summed E-state index contributed by atoms with van der Waals surface area (Å²) in [5.41, 5.74) is -0.248. The van der Waals surface area contributed by atoms with Gasteiger partial charge in [-0.05, 0) is 12.1 Å². The molecular formula is C11H5FN2O4. The van der Waals surface area contributed by atoms with Gasteiger partial charge in [0.15, 0.2) is 0 Å². The molecule has 1 atom stereocenters. The molecule has 1 aromatic rings. The monoisotopic (exact) mass is 248 g/mol. The van der Waals surface area contributed by atoms with E-state index in [9.17, 15) is 18.8 Å². The summed E-state index contributed by atoms with van der Waals surface area (Å²) in [6.45, 7) is 0. The minimum Gasteiger partial charge on any atom is -0.477 e. The minimum atomic E-state index is -3.70. The van der Waals surface area contributed by atoms with Crippen LogP contribution in [0.5, 0.6) is 0 Å². The lowest BCUT2D eigenvalue weighted by Crippen LogP contribution is -2.53. The van der Waals surface area contributed by atoms with E-state index in [-0.39, 0.29) is 16.0 Å². The van der Waals surface area contributed by atoms with E-state index in [0.29, 0.717) is 0 Å². The summed E-state index contributed by atoms with van der Waals surface area (Å²) in [5, 5.41) is 17.2. The second kappa shape index (κ2) is 3.63. The smallest absolute Gasteiger partial charge is 0.379 e. The van der Waals surface area contributed by atoms with Crippen LogP contribution in [-0.2, 0) is 4.79 Å². The molecule has 2 rings (SSSR count). The highest BCUT2D eigenvalue weighted by atomic mass is 19.1. The van der Waals surface area contributed by atoms with Crippen LogP contribution in [0.2, 0.25) is 0 Å². The number of amides is 2. The van der Waals surface area contributed by atoms with Crippen LogP contribution in [0.4, 0.5) is 4.39 Å². The van der Waals surface area contributed by atoms with Gasteiger partial charge in [0.1, 0.15) is 6.07 Å². The van der Waals surface area contributed by atoms with Gasteiger partial charge < -0.3 is 5.11 Å². The highest BCUT2D eigenvalue weighted by Gasteiger charge is 2.55. The number of benzene rings is 1. The molecule has 1 aromatic carbocycles. The zero-order valence-electron chi connectivity index (χ0n) is 8.75. The molecule has 0 saturated heterocycles. The number of halogens is 1. The van der Waals surface area contributed by atoms with Gasteiger partial charge in [-0.15, -0.1) is 0 Å². The molecule has 0 radical (unpaired) electrons. The number of carbonyl (C=O) groups is 3. The summed E-state index contributed by atoms with van der Waals surface area (Å²) in [7, 11) is 0. The van der Waals surface area contributed by atoms with E-state index in [2.05, 4.69) is 0 Å². The molecule has 0 bridgehead atoms. The first-order chi connectivity index (χ1) is 8.43. The lowest BCUT2D eigenvalue weighted by molar-refractivity contribution is -0.153. The number of carboxylic acid groups (broad SMARTS) is 1. The van der Waals surface area contributed by atoms with Crippen molar-refractivity contribution in [3.8, 4) is 6.07 Å². The zero-order valence-corrected chi connectivity index (χ0v) is 8.75. The maximum atomic E-state index is 13.9. The lowest BCUT2D eigenvalue weighted by Gasteiger charge is -2.22. The molecule has 6 nitrogen and oxygen atoms in total. The molecule has 0 saturated carbocycles. The first-order valence-electron chi connectivity index (χ1n) is 4.75. The quantitative estimate of drug-likeness (QED) is 0.608. The van der Waals surface area contributed by atoms with Gasteiger partial charge >= 0.3 is 11.8 Å². The highest BCUT2D eigenvalue weighted by Crippen LogP contribution is 2.30. The summed E-state index contributed by atoms with van der Waals surface area (Å²) in [6, 6.07) is 6.24. The predicted octanol–water partition coefficient (Wildman–Crippen LogP) is 0.557. The molecule has 1 aliphatic rings. The first kappa shape index (κ1) is 11.7. The molecule has 18 heavy (non-hydrogen) atoms. The third-order valence-electron chi connectivity index (χ3n) is 2.53. The van der Waals surface area contributed by atoms with Crippen LogP contribution in [0.3, 0.4) is 0 Å². The van der Waals surface area contributed by atoms with Crippen LogP contribution >= 0.6 is 0 Å². The number of rotatable bonds is 2. The van der Waals surface area contributed by atoms with Crippen LogP contribution in [0, 0.1) is 11.3 Å². The van der Waals surface area contributed by atoms with E-state index in [4.69, 9.17) is 10.4 Å². The molecule has 1 heterocycles. The molecule has 1 unspecified atom stereocenters. The molecule has 90 valence electrons. The summed E-state index contributed by atoms with van der Waals surface area (Å²) in [4.78, 5) is 34.1. The number of nitriles is 1. The number of imide groups is 1. The van der Waals surface area contributed by atoms with Crippen molar-refractivity contribution in [3.05, 3.63) is 35.4 Å². The van der Waals surface area contributed by atoms with Gasteiger partial charge in [0.05, 0.1) is 11.1 Å². The number of alkyl halides is 1. The Hall–Kier alpha value is -2.75. The molecule has 0 aliphatic carbocycles. The zero-order chi connectivity index (χ0) is 13.5. The second-order valence-corrected chi connectivity index (χ2v) is 3.53. The molecular weight excluding hydrogens is 243 g/mol. The fraction of sp³-hybridized carbons (Fsp3) is 0.0909. The molecule has 7 heteroatoms. The Morgan fingerprint density at radius 2 is 1.72 bits per heavy atom. The van der Waals surface area contributed by atoms with Crippen LogP contribution < -0.4 is 0 Å². The van der Waals surface area contributed by atoms with Crippen LogP contribution in [-0.4, -0.2) is 33.6 Å². The molecule has 0 spiro atoms. The number of aliphatic carboxylic acids is 1. The van der Waals surface area contributed by atoms with Crippen molar-refractivity contribution in [3.63, 3.8) is 0 Å². The van der Waals surface area contributed by atoms with Crippen molar-refractivity contribution >= 4 is 17.8 Å². The highest BCUT2D eigenvalue weighted by molar-refractivity contribution is 6.23. The molecule has 1 N–H and O–H groups in total. The molecule has 2 amide bonds. The second-order valence-electron chi connectivity index (χ2n) is 3.53. The van der Waals surface area contributed by atoms with Crippen molar-refractivity contribution in [2.24, 2.45) is 0 Å². The van der Waals surface area contributed by atoms with Crippen molar-refractivity contribution in [2.45, 2.75) is 5.79 Å². The number of nitrogens with zero attached hydrogens (tertiary/aromatic N) is 2. The van der Waals surface area contributed by atoms with Gasteiger partial charge in [-0.25, -0.2) is 9.69 Å². The van der Waals surface area contributed by atoms with E-state index >= 15 is 0 Å². The summed E-state index contributed by atoms with van der Waals surface area (Å²) in [5.74, 6) is -8.18. The number of carboxylic acids is 1. The number of hydrogen-bond acceptors (Lipinski definition) is 4. The lowest BCUT2D eigenvalue weighted by atomic mass is 10.1. The Kier molecular flexibility index (Phi) is 2.37. The Morgan fingerprint density at radius 3 is 2.06 bits per heavy atom.